The van der Waals surface area contributed by atoms with Crippen LogP contribution in [0.25, 0.3) is 0 Å². The molecule has 0 spiro atoms. The minimum Gasteiger partial charge on any atom is -0.412 e. The highest BCUT2D eigenvalue weighted by Crippen LogP contribution is 2.22. The number of halogens is 1. The summed E-state index contributed by atoms with van der Waals surface area (Å²) >= 11 is 0. The fourth-order valence-electron chi connectivity index (χ4n) is 1.66. The second kappa shape index (κ2) is 4.48. The van der Waals surface area contributed by atoms with Gasteiger partial charge in [0.15, 0.2) is 0 Å². The third-order valence-corrected chi connectivity index (χ3v) is 2.35. The molecule has 4 nitrogen and oxygen atoms in total. The van der Waals surface area contributed by atoms with E-state index < -0.39 is 0 Å². The van der Waals surface area contributed by atoms with Gasteiger partial charge in [-0.3, -0.25) is 0 Å². The second-order valence-electron chi connectivity index (χ2n) is 3.19. The molecule has 74 valence electrons. The lowest BCUT2D eigenvalue weighted by Crippen LogP contribution is -2.26. The predicted molar refractivity (Wildman–Crippen MR) is 51.5 cm³/mol. The largest absolute Gasteiger partial charge is 0.412 e. The van der Waals surface area contributed by atoms with Crippen molar-refractivity contribution in [2.45, 2.75) is 18.8 Å². The van der Waals surface area contributed by atoms with Gasteiger partial charge in [0, 0.05) is 5.92 Å². The van der Waals surface area contributed by atoms with Crippen molar-refractivity contribution in [1.29, 1.82) is 0 Å². The van der Waals surface area contributed by atoms with Crippen LogP contribution in [0.15, 0.2) is 12.3 Å². The van der Waals surface area contributed by atoms with Crippen LogP contribution in [0, 0.1) is 0 Å². The molecule has 2 rings (SSSR count). The third kappa shape index (κ3) is 2.35. The van der Waals surface area contributed by atoms with E-state index in [1.54, 1.807) is 6.20 Å². The standard InChI is InChI=1S/C8H13N3O.ClH/c12-11-6-3-8(10-11)7-1-4-9-5-2-7;/h3,6-7,9,12H,1-2,4-5H2;1H. The Morgan fingerprint density at radius 2 is 2.15 bits per heavy atom. The summed E-state index contributed by atoms with van der Waals surface area (Å²) in [6.07, 6.45) is 3.82. The summed E-state index contributed by atoms with van der Waals surface area (Å²) in [5.41, 5.74) is 1.01. The first-order chi connectivity index (χ1) is 5.86. The van der Waals surface area contributed by atoms with E-state index in [1.807, 2.05) is 6.07 Å². The molecule has 1 aromatic heterocycles. The van der Waals surface area contributed by atoms with Crippen LogP contribution in [0.3, 0.4) is 0 Å². The number of hydrogen-bond donors (Lipinski definition) is 2. The molecule has 0 aromatic carbocycles. The van der Waals surface area contributed by atoms with Gasteiger partial charge in [0.2, 0.25) is 0 Å². The molecule has 5 heteroatoms. The van der Waals surface area contributed by atoms with Crippen LogP contribution in [0.4, 0.5) is 0 Å². The number of nitrogens with zero attached hydrogens (tertiary/aromatic N) is 2. The van der Waals surface area contributed by atoms with E-state index in [-0.39, 0.29) is 12.4 Å². The van der Waals surface area contributed by atoms with Gasteiger partial charge in [-0.05, 0) is 32.0 Å². The van der Waals surface area contributed by atoms with Gasteiger partial charge in [0.05, 0.1) is 11.9 Å². The molecule has 0 atom stereocenters. The predicted octanol–water partition coefficient (Wildman–Crippen LogP) is 1.01. The molecule has 1 aromatic rings. The van der Waals surface area contributed by atoms with Crippen molar-refractivity contribution in [3.63, 3.8) is 0 Å². The number of piperidine rings is 1. The molecular formula is C8H14ClN3O. The van der Waals surface area contributed by atoms with Crippen molar-refractivity contribution in [3.05, 3.63) is 18.0 Å². The SMILES string of the molecule is Cl.On1ccc(C2CCNCC2)n1. The van der Waals surface area contributed by atoms with Crippen molar-refractivity contribution in [3.8, 4) is 0 Å². The Balaban J connectivity index is 0.000000845. The zero-order valence-electron chi connectivity index (χ0n) is 7.31. The van der Waals surface area contributed by atoms with Gasteiger partial charge in [-0.2, -0.15) is 0 Å². The van der Waals surface area contributed by atoms with Crippen molar-refractivity contribution >= 4 is 12.4 Å². The highest BCUT2D eigenvalue weighted by atomic mass is 35.5. The Morgan fingerprint density at radius 3 is 2.69 bits per heavy atom. The van der Waals surface area contributed by atoms with E-state index in [9.17, 15) is 0 Å². The normalized spacial score (nSPS) is 18.2. The van der Waals surface area contributed by atoms with Gasteiger partial charge >= 0.3 is 0 Å². The van der Waals surface area contributed by atoms with E-state index in [2.05, 4.69) is 10.4 Å². The summed E-state index contributed by atoms with van der Waals surface area (Å²) in [6.45, 7) is 2.12. The Labute approximate surface area is 83.3 Å². The van der Waals surface area contributed by atoms with E-state index in [0.717, 1.165) is 36.5 Å². The van der Waals surface area contributed by atoms with Crippen LogP contribution in [0.1, 0.15) is 24.5 Å². The Hall–Kier alpha value is -0.740. The molecule has 0 bridgehead atoms. The first kappa shape index (κ1) is 10.3. The van der Waals surface area contributed by atoms with Gasteiger partial charge < -0.3 is 10.5 Å². The van der Waals surface area contributed by atoms with Crippen molar-refractivity contribution in [2.24, 2.45) is 0 Å². The van der Waals surface area contributed by atoms with Gasteiger partial charge in [-0.1, -0.05) is 0 Å². The molecule has 2 N–H and O–H groups in total. The first-order valence-corrected chi connectivity index (χ1v) is 4.32. The molecule has 0 aliphatic carbocycles. The fraction of sp³-hybridized carbons (Fsp3) is 0.625. The third-order valence-electron chi connectivity index (χ3n) is 2.35. The maximum absolute atomic E-state index is 8.97. The van der Waals surface area contributed by atoms with Crippen molar-refractivity contribution in [2.75, 3.05) is 13.1 Å². The van der Waals surface area contributed by atoms with E-state index >= 15 is 0 Å². The number of aromatic nitrogens is 2. The Kier molecular flexibility index (Phi) is 3.57. The minimum absolute atomic E-state index is 0. The summed E-state index contributed by atoms with van der Waals surface area (Å²) < 4.78 is 0. The van der Waals surface area contributed by atoms with Gasteiger partial charge in [0.1, 0.15) is 0 Å². The Bertz CT molecular complexity index is 258. The number of nitrogens with one attached hydrogen (secondary N) is 1. The lowest BCUT2D eigenvalue weighted by molar-refractivity contribution is 0.146. The minimum atomic E-state index is 0. The van der Waals surface area contributed by atoms with Crippen molar-refractivity contribution < 1.29 is 5.21 Å². The average molecular weight is 204 g/mol. The molecule has 0 saturated carbocycles. The Morgan fingerprint density at radius 1 is 1.46 bits per heavy atom. The summed E-state index contributed by atoms with van der Waals surface area (Å²) in [7, 11) is 0. The molecule has 1 saturated heterocycles. The summed E-state index contributed by atoms with van der Waals surface area (Å²) in [5, 5.41) is 16.2. The van der Waals surface area contributed by atoms with Crippen LogP contribution >= 0.6 is 12.4 Å². The number of hydrogen-bond acceptors (Lipinski definition) is 3. The van der Waals surface area contributed by atoms with Crippen LogP contribution in [0.5, 0.6) is 0 Å². The molecule has 0 unspecified atom stereocenters. The van der Waals surface area contributed by atoms with E-state index in [0.29, 0.717) is 5.92 Å². The van der Waals surface area contributed by atoms with Gasteiger partial charge in [-0.25, -0.2) is 0 Å². The average Bonchev–Trinajstić information content (AvgIpc) is 2.54. The smallest absolute Gasteiger partial charge is 0.0692 e. The molecule has 1 fully saturated rings. The topological polar surface area (TPSA) is 50.1 Å². The maximum atomic E-state index is 8.97. The van der Waals surface area contributed by atoms with Gasteiger partial charge in [-0.15, -0.1) is 22.4 Å². The fourth-order valence-corrected chi connectivity index (χ4v) is 1.66. The molecule has 0 amide bonds. The highest BCUT2D eigenvalue weighted by molar-refractivity contribution is 5.85. The van der Waals surface area contributed by atoms with E-state index in [4.69, 9.17) is 5.21 Å². The van der Waals surface area contributed by atoms with Crippen LogP contribution < -0.4 is 5.32 Å². The summed E-state index contributed by atoms with van der Waals surface area (Å²) in [4.78, 5) is 0.886. The zero-order chi connectivity index (χ0) is 8.39. The highest BCUT2D eigenvalue weighted by Gasteiger charge is 2.17. The van der Waals surface area contributed by atoms with Gasteiger partial charge in [0.25, 0.3) is 0 Å². The first-order valence-electron chi connectivity index (χ1n) is 4.32. The lowest BCUT2D eigenvalue weighted by atomic mass is 9.95. The van der Waals surface area contributed by atoms with E-state index in [1.165, 1.54) is 0 Å². The van der Waals surface area contributed by atoms with Crippen LogP contribution in [-0.2, 0) is 0 Å². The monoisotopic (exact) mass is 203 g/mol. The maximum Gasteiger partial charge on any atom is 0.0692 e. The quantitative estimate of drug-likeness (QED) is 0.670. The molecule has 1 aliphatic rings. The van der Waals surface area contributed by atoms with Crippen LogP contribution in [0.2, 0.25) is 0 Å². The molecule has 0 radical (unpaired) electrons. The second-order valence-corrected chi connectivity index (χ2v) is 3.19. The summed E-state index contributed by atoms with van der Waals surface area (Å²) in [6, 6.07) is 1.88. The molecule has 1 aliphatic heterocycles. The lowest BCUT2D eigenvalue weighted by Gasteiger charge is -2.20. The van der Waals surface area contributed by atoms with Crippen molar-refractivity contribution in [1.82, 2.24) is 15.3 Å². The molecular weight excluding hydrogens is 190 g/mol. The van der Waals surface area contributed by atoms with Crippen LogP contribution in [-0.4, -0.2) is 28.2 Å². The summed E-state index contributed by atoms with van der Waals surface area (Å²) in [5.74, 6) is 0.527. The molecule has 13 heavy (non-hydrogen) atoms. The molecule has 2 heterocycles. The number of rotatable bonds is 1. The zero-order valence-corrected chi connectivity index (χ0v) is 8.13.